The summed E-state index contributed by atoms with van der Waals surface area (Å²) in [6, 6.07) is 7.11. The third-order valence-corrected chi connectivity index (χ3v) is 8.09. The van der Waals surface area contributed by atoms with Crippen LogP contribution in [0.3, 0.4) is 0 Å². The first-order chi connectivity index (χ1) is 14.1. The van der Waals surface area contributed by atoms with E-state index in [4.69, 9.17) is 5.41 Å². The van der Waals surface area contributed by atoms with Crippen LogP contribution in [-0.4, -0.2) is 54.7 Å². The van der Waals surface area contributed by atoms with Gasteiger partial charge in [-0.3, -0.25) is 15.1 Å². The Balaban J connectivity index is 1.60. The number of carbonyl (C=O) groups excluding carboxylic acids is 1. The molecule has 0 aromatic heterocycles. The van der Waals surface area contributed by atoms with Gasteiger partial charge in [0.1, 0.15) is 5.54 Å². The highest BCUT2D eigenvalue weighted by Gasteiger charge is 2.46. The summed E-state index contributed by atoms with van der Waals surface area (Å²) in [4.78, 5) is 14.8. The highest BCUT2D eigenvalue weighted by molar-refractivity contribution is 7.89. The number of carbonyl (C=O) groups is 1. The van der Waals surface area contributed by atoms with E-state index in [1.165, 1.54) is 0 Å². The zero-order valence-corrected chi connectivity index (χ0v) is 19.3. The molecular weight excluding hydrogens is 400 g/mol. The molecule has 30 heavy (non-hydrogen) atoms. The number of amides is 1. The lowest BCUT2D eigenvalue weighted by Crippen LogP contribution is -2.46. The number of nitrogens with one attached hydrogen (secondary N) is 2. The molecule has 0 radical (unpaired) electrons. The SMILES string of the molecule is CCc1ccc(S(=O)(=O)N2CCC(CN3C(=N)NC(C)(CC(C)C)C3=O)CC2)cc1. The third kappa shape index (κ3) is 4.54. The fourth-order valence-electron chi connectivity index (χ4n) is 4.55. The maximum atomic E-state index is 12.9. The minimum atomic E-state index is -3.49. The highest BCUT2D eigenvalue weighted by atomic mass is 32.2. The van der Waals surface area contributed by atoms with Crippen LogP contribution in [0.2, 0.25) is 0 Å². The maximum absolute atomic E-state index is 12.9. The summed E-state index contributed by atoms with van der Waals surface area (Å²) in [6.07, 6.45) is 2.92. The van der Waals surface area contributed by atoms with Gasteiger partial charge in [-0.15, -0.1) is 0 Å². The Morgan fingerprint density at radius 3 is 2.33 bits per heavy atom. The van der Waals surface area contributed by atoms with Crippen molar-refractivity contribution in [3.63, 3.8) is 0 Å². The third-order valence-electron chi connectivity index (χ3n) is 6.18. The van der Waals surface area contributed by atoms with Crippen molar-refractivity contribution in [1.82, 2.24) is 14.5 Å². The van der Waals surface area contributed by atoms with E-state index >= 15 is 0 Å². The first-order valence-corrected chi connectivity index (χ1v) is 12.3. The molecule has 1 aromatic carbocycles. The maximum Gasteiger partial charge on any atom is 0.254 e. The second-order valence-corrected chi connectivity index (χ2v) is 11.1. The molecule has 2 aliphatic heterocycles. The molecule has 0 saturated carbocycles. The Hall–Kier alpha value is -1.93. The van der Waals surface area contributed by atoms with Crippen molar-refractivity contribution in [3.8, 4) is 0 Å². The first-order valence-electron chi connectivity index (χ1n) is 10.8. The number of benzene rings is 1. The number of aryl methyl sites for hydroxylation is 1. The second-order valence-electron chi connectivity index (χ2n) is 9.16. The number of piperidine rings is 1. The highest BCUT2D eigenvalue weighted by Crippen LogP contribution is 2.29. The number of hydrogen-bond acceptors (Lipinski definition) is 4. The van der Waals surface area contributed by atoms with E-state index in [2.05, 4.69) is 19.2 Å². The lowest BCUT2D eigenvalue weighted by atomic mass is 9.90. The summed E-state index contributed by atoms with van der Waals surface area (Å²) in [5.74, 6) is 0.645. The minimum absolute atomic E-state index is 0.0488. The topological polar surface area (TPSA) is 93.6 Å². The van der Waals surface area contributed by atoms with Gasteiger partial charge in [0.05, 0.1) is 4.90 Å². The molecule has 0 aliphatic carbocycles. The molecule has 1 unspecified atom stereocenters. The molecule has 2 heterocycles. The monoisotopic (exact) mass is 434 g/mol. The van der Waals surface area contributed by atoms with Crippen molar-refractivity contribution >= 4 is 21.9 Å². The van der Waals surface area contributed by atoms with Crippen LogP contribution in [0.15, 0.2) is 29.2 Å². The van der Waals surface area contributed by atoms with E-state index in [0.29, 0.717) is 49.7 Å². The van der Waals surface area contributed by atoms with Crippen LogP contribution in [0.1, 0.15) is 52.5 Å². The van der Waals surface area contributed by atoms with Gasteiger partial charge in [-0.25, -0.2) is 8.42 Å². The number of guanidine groups is 1. The van der Waals surface area contributed by atoms with E-state index in [0.717, 1.165) is 12.0 Å². The molecule has 2 saturated heterocycles. The zero-order valence-electron chi connectivity index (χ0n) is 18.4. The molecule has 1 aromatic rings. The zero-order chi connectivity index (χ0) is 22.1. The van der Waals surface area contributed by atoms with E-state index in [1.54, 1.807) is 21.3 Å². The first kappa shape index (κ1) is 22.7. The van der Waals surface area contributed by atoms with Crippen LogP contribution in [0, 0.1) is 17.2 Å². The summed E-state index contributed by atoms with van der Waals surface area (Å²) in [7, 11) is -3.49. The number of sulfonamides is 1. The van der Waals surface area contributed by atoms with Gasteiger partial charge in [0.2, 0.25) is 10.0 Å². The number of hydrogen-bond donors (Lipinski definition) is 2. The van der Waals surface area contributed by atoms with Crippen molar-refractivity contribution in [2.45, 2.75) is 63.8 Å². The van der Waals surface area contributed by atoms with Crippen LogP contribution < -0.4 is 5.32 Å². The van der Waals surface area contributed by atoms with E-state index in [9.17, 15) is 13.2 Å². The Morgan fingerprint density at radius 1 is 1.20 bits per heavy atom. The molecule has 7 nitrogen and oxygen atoms in total. The second kappa shape index (κ2) is 8.67. The van der Waals surface area contributed by atoms with E-state index < -0.39 is 15.6 Å². The fraction of sp³-hybridized carbons (Fsp3) is 0.636. The summed E-state index contributed by atoms with van der Waals surface area (Å²) in [5.41, 5.74) is 0.392. The largest absolute Gasteiger partial charge is 0.342 e. The molecule has 8 heteroatoms. The summed E-state index contributed by atoms with van der Waals surface area (Å²) in [5, 5.41) is 11.3. The predicted molar refractivity (Wildman–Crippen MR) is 118 cm³/mol. The summed E-state index contributed by atoms with van der Waals surface area (Å²) in [6.45, 7) is 9.39. The van der Waals surface area contributed by atoms with Gasteiger partial charge in [-0.2, -0.15) is 4.31 Å². The molecular formula is C22H34N4O3S. The van der Waals surface area contributed by atoms with Gasteiger partial charge in [0, 0.05) is 19.6 Å². The van der Waals surface area contributed by atoms with Crippen LogP contribution in [0.4, 0.5) is 0 Å². The molecule has 3 rings (SSSR count). The molecule has 0 bridgehead atoms. The average Bonchev–Trinajstić information content (AvgIpc) is 2.90. The molecule has 2 fully saturated rings. The van der Waals surface area contributed by atoms with Crippen LogP contribution in [0.25, 0.3) is 0 Å². The number of nitrogens with zero attached hydrogens (tertiary/aromatic N) is 2. The Labute approximate surface area is 180 Å². The van der Waals surface area contributed by atoms with Crippen molar-refractivity contribution in [2.75, 3.05) is 19.6 Å². The molecule has 2 aliphatic rings. The van der Waals surface area contributed by atoms with Crippen molar-refractivity contribution in [3.05, 3.63) is 29.8 Å². The lowest BCUT2D eigenvalue weighted by Gasteiger charge is -2.33. The fourth-order valence-corrected chi connectivity index (χ4v) is 6.02. The molecule has 0 spiro atoms. The van der Waals surface area contributed by atoms with Gasteiger partial charge >= 0.3 is 0 Å². The standard InChI is InChI=1S/C22H34N4O3S/c1-5-17-6-8-19(9-7-17)30(28,29)25-12-10-18(11-13-25)15-26-20(27)22(4,14-16(2)3)24-21(26)23/h6-9,16,18H,5,10-15H2,1-4H3,(H2,23,24). The van der Waals surface area contributed by atoms with Gasteiger partial charge in [-0.1, -0.05) is 32.9 Å². The number of rotatable bonds is 7. The Bertz CT molecular complexity index is 889. The quantitative estimate of drug-likeness (QED) is 0.690. The molecule has 2 N–H and O–H groups in total. The predicted octanol–water partition coefficient (Wildman–Crippen LogP) is 2.82. The molecule has 166 valence electrons. The summed E-state index contributed by atoms with van der Waals surface area (Å²) >= 11 is 0. The van der Waals surface area contributed by atoms with Crippen LogP contribution >= 0.6 is 0 Å². The average molecular weight is 435 g/mol. The lowest BCUT2D eigenvalue weighted by molar-refractivity contribution is -0.131. The Kier molecular flexibility index (Phi) is 6.57. The van der Waals surface area contributed by atoms with Gasteiger partial charge < -0.3 is 5.32 Å². The van der Waals surface area contributed by atoms with Gasteiger partial charge in [-0.05, 0) is 62.1 Å². The van der Waals surface area contributed by atoms with Gasteiger partial charge in [0.15, 0.2) is 5.96 Å². The summed E-state index contributed by atoms with van der Waals surface area (Å²) < 4.78 is 27.4. The van der Waals surface area contributed by atoms with Gasteiger partial charge in [0.25, 0.3) is 5.91 Å². The molecule has 1 amide bonds. The Morgan fingerprint density at radius 2 is 1.80 bits per heavy atom. The van der Waals surface area contributed by atoms with Crippen molar-refractivity contribution in [1.29, 1.82) is 5.41 Å². The van der Waals surface area contributed by atoms with Crippen molar-refractivity contribution < 1.29 is 13.2 Å². The minimum Gasteiger partial charge on any atom is -0.342 e. The van der Waals surface area contributed by atoms with E-state index in [1.807, 2.05) is 26.0 Å². The smallest absolute Gasteiger partial charge is 0.254 e. The van der Waals surface area contributed by atoms with Crippen LogP contribution in [-0.2, 0) is 21.2 Å². The van der Waals surface area contributed by atoms with Crippen LogP contribution in [0.5, 0.6) is 0 Å². The van der Waals surface area contributed by atoms with E-state index in [-0.39, 0.29) is 17.8 Å². The van der Waals surface area contributed by atoms with Crippen molar-refractivity contribution in [2.24, 2.45) is 11.8 Å². The normalized spacial score (nSPS) is 24.0. The molecule has 1 atom stereocenters.